The molecule has 0 aliphatic rings. The number of nitrogens with zero attached hydrogens (tertiary/aromatic N) is 2. The highest BCUT2D eigenvalue weighted by Crippen LogP contribution is 2.29. The molecule has 2 amide bonds. The van der Waals surface area contributed by atoms with Gasteiger partial charge >= 0.3 is 0 Å². The molecular weight excluding hydrogens is 358 g/mol. The molecule has 0 bridgehead atoms. The SMILES string of the molecule is CCCN(CCC)C(=O)c1cccc(C(=O)Nc2ccc(OC)cc2OC)n1. The lowest BCUT2D eigenvalue weighted by molar-refractivity contribution is 0.0749. The smallest absolute Gasteiger partial charge is 0.274 e. The zero-order valence-corrected chi connectivity index (χ0v) is 16.8. The van der Waals surface area contributed by atoms with Crippen LogP contribution in [0.3, 0.4) is 0 Å². The number of methoxy groups -OCH3 is 2. The Kier molecular flexibility index (Phi) is 7.80. The fourth-order valence-electron chi connectivity index (χ4n) is 2.79. The second-order valence-corrected chi connectivity index (χ2v) is 6.22. The van der Waals surface area contributed by atoms with E-state index < -0.39 is 5.91 Å². The molecule has 28 heavy (non-hydrogen) atoms. The topological polar surface area (TPSA) is 80.8 Å². The van der Waals surface area contributed by atoms with Crippen LogP contribution in [0.1, 0.15) is 47.7 Å². The quantitative estimate of drug-likeness (QED) is 0.713. The van der Waals surface area contributed by atoms with E-state index >= 15 is 0 Å². The minimum atomic E-state index is -0.421. The largest absolute Gasteiger partial charge is 0.497 e. The van der Waals surface area contributed by atoms with Crippen LogP contribution in [0.15, 0.2) is 36.4 Å². The highest BCUT2D eigenvalue weighted by atomic mass is 16.5. The lowest BCUT2D eigenvalue weighted by atomic mass is 10.2. The minimum Gasteiger partial charge on any atom is -0.497 e. The third-order valence-electron chi connectivity index (χ3n) is 4.13. The fourth-order valence-corrected chi connectivity index (χ4v) is 2.79. The normalized spacial score (nSPS) is 10.3. The maximum absolute atomic E-state index is 12.7. The molecule has 2 rings (SSSR count). The van der Waals surface area contributed by atoms with E-state index in [0.29, 0.717) is 30.3 Å². The number of nitrogens with one attached hydrogen (secondary N) is 1. The van der Waals surface area contributed by atoms with Crippen molar-refractivity contribution in [1.82, 2.24) is 9.88 Å². The first-order chi connectivity index (χ1) is 13.5. The van der Waals surface area contributed by atoms with Crippen molar-refractivity contribution in [1.29, 1.82) is 0 Å². The molecular formula is C21H27N3O4. The maximum atomic E-state index is 12.7. The van der Waals surface area contributed by atoms with E-state index in [1.54, 1.807) is 48.4 Å². The number of anilines is 1. The number of hydrogen-bond donors (Lipinski definition) is 1. The Morgan fingerprint density at radius 1 is 1.00 bits per heavy atom. The Balaban J connectivity index is 2.21. The van der Waals surface area contributed by atoms with Gasteiger partial charge in [0.1, 0.15) is 22.9 Å². The molecule has 7 heteroatoms. The van der Waals surface area contributed by atoms with Gasteiger partial charge in [-0.25, -0.2) is 4.98 Å². The van der Waals surface area contributed by atoms with Crippen LogP contribution in [0.5, 0.6) is 11.5 Å². The molecule has 0 fully saturated rings. The van der Waals surface area contributed by atoms with E-state index in [9.17, 15) is 9.59 Å². The van der Waals surface area contributed by atoms with E-state index in [-0.39, 0.29) is 17.3 Å². The van der Waals surface area contributed by atoms with Crippen LogP contribution in [-0.2, 0) is 0 Å². The molecule has 0 spiro atoms. The Bertz CT molecular complexity index is 817. The van der Waals surface area contributed by atoms with Crippen molar-refractivity contribution in [3.05, 3.63) is 47.8 Å². The number of rotatable bonds is 9. The predicted octanol–water partition coefficient (Wildman–Crippen LogP) is 3.61. The molecule has 1 heterocycles. The van der Waals surface area contributed by atoms with Crippen LogP contribution in [0.25, 0.3) is 0 Å². The molecule has 0 atom stereocenters. The molecule has 0 aliphatic carbocycles. The van der Waals surface area contributed by atoms with Crippen LogP contribution >= 0.6 is 0 Å². The predicted molar refractivity (Wildman–Crippen MR) is 108 cm³/mol. The molecule has 2 aromatic rings. The summed E-state index contributed by atoms with van der Waals surface area (Å²) >= 11 is 0. The number of ether oxygens (including phenoxy) is 2. The van der Waals surface area contributed by atoms with Gasteiger partial charge in [0.2, 0.25) is 0 Å². The van der Waals surface area contributed by atoms with Gasteiger partial charge in [-0.2, -0.15) is 0 Å². The van der Waals surface area contributed by atoms with Gasteiger partial charge in [-0.05, 0) is 37.1 Å². The summed E-state index contributed by atoms with van der Waals surface area (Å²) in [6, 6.07) is 9.96. The van der Waals surface area contributed by atoms with Crippen LogP contribution in [0, 0.1) is 0 Å². The molecule has 150 valence electrons. The first-order valence-electron chi connectivity index (χ1n) is 9.33. The number of hydrogen-bond acceptors (Lipinski definition) is 5. The minimum absolute atomic E-state index is 0.164. The van der Waals surface area contributed by atoms with E-state index in [0.717, 1.165) is 12.8 Å². The van der Waals surface area contributed by atoms with Gasteiger partial charge in [0.15, 0.2) is 0 Å². The Morgan fingerprint density at radius 3 is 2.29 bits per heavy atom. The van der Waals surface area contributed by atoms with E-state index in [4.69, 9.17) is 9.47 Å². The molecule has 0 unspecified atom stereocenters. The van der Waals surface area contributed by atoms with Gasteiger partial charge in [-0.1, -0.05) is 19.9 Å². The summed E-state index contributed by atoms with van der Waals surface area (Å²) in [7, 11) is 3.07. The summed E-state index contributed by atoms with van der Waals surface area (Å²) in [4.78, 5) is 31.4. The summed E-state index contributed by atoms with van der Waals surface area (Å²) in [5.74, 6) is 0.500. The van der Waals surface area contributed by atoms with Gasteiger partial charge in [-0.15, -0.1) is 0 Å². The van der Waals surface area contributed by atoms with Crippen molar-refractivity contribution < 1.29 is 19.1 Å². The van der Waals surface area contributed by atoms with E-state index in [1.165, 1.54) is 7.11 Å². The molecule has 7 nitrogen and oxygen atoms in total. The summed E-state index contributed by atoms with van der Waals surface area (Å²) in [6.45, 7) is 5.37. The van der Waals surface area contributed by atoms with Gasteiger partial charge in [-0.3, -0.25) is 9.59 Å². The molecule has 0 saturated carbocycles. The first-order valence-corrected chi connectivity index (χ1v) is 9.33. The first kappa shape index (κ1) is 21.2. The molecule has 0 radical (unpaired) electrons. The number of carbonyl (C=O) groups is 2. The Morgan fingerprint density at radius 2 is 1.68 bits per heavy atom. The van der Waals surface area contributed by atoms with Crippen LogP contribution in [0.4, 0.5) is 5.69 Å². The molecule has 1 N–H and O–H groups in total. The van der Waals surface area contributed by atoms with Gasteiger partial charge < -0.3 is 19.7 Å². The molecule has 1 aromatic heterocycles. The highest BCUT2D eigenvalue weighted by Gasteiger charge is 2.18. The number of amides is 2. The Labute approximate surface area is 165 Å². The van der Waals surface area contributed by atoms with Crippen LogP contribution in [-0.4, -0.2) is 49.0 Å². The molecule has 0 aliphatic heterocycles. The number of carbonyl (C=O) groups excluding carboxylic acids is 2. The molecule has 0 saturated heterocycles. The van der Waals surface area contributed by atoms with Crippen molar-refractivity contribution in [2.24, 2.45) is 0 Å². The summed E-state index contributed by atoms with van der Waals surface area (Å²) in [5, 5.41) is 2.77. The van der Waals surface area contributed by atoms with E-state index in [2.05, 4.69) is 10.3 Å². The third kappa shape index (κ3) is 5.22. The van der Waals surface area contributed by atoms with Gasteiger partial charge in [0.25, 0.3) is 11.8 Å². The van der Waals surface area contributed by atoms with Crippen molar-refractivity contribution in [2.45, 2.75) is 26.7 Å². The zero-order valence-electron chi connectivity index (χ0n) is 16.8. The third-order valence-corrected chi connectivity index (χ3v) is 4.13. The number of aromatic nitrogens is 1. The van der Waals surface area contributed by atoms with Crippen molar-refractivity contribution >= 4 is 17.5 Å². The standard InChI is InChI=1S/C21H27N3O4/c1-5-12-24(13-6-2)21(26)18-9-7-8-17(22-18)20(25)23-16-11-10-15(27-3)14-19(16)28-4/h7-11,14H,5-6,12-13H2,1-4H3,(H,23,25). The van der Waals surface area contributed by atoms with Crippen molar-refractivity contribution in [3.8, 4) is 11.5 Å². The number of pyridine rings is 1. The summed E-state index contributed by atoms with van der Waals surface area (Å²) < 4.78 is 10.5. The van der Waals surface area contributed by atoms with E-state index in [1.807, 2.05) is 13.8 Å². The molecule has 1 aromatic carbocycles. The summed E-state index contributed by atoms with van der Waals surface area (Å²) in [6.07, 6.45) is 1.73. The Hall–Kier alpha value is -3.09. The van der Waals surface area contributed by atoms with Gasteiger partial charge in [0.05, 0.1) is 19.9 Å². The van der Waals surface area contributed by atoms with Crippen molar-refractivity contribution in [3.63, 3.8) is 0 Å². The van der Waals surface area contributed by atoms with Crippen LogP contribution < -0.4 is 14.8 Å². The zero-order chi connectivity index (χ0) is 20.5. The van der Waals surface area contributed by atoms with Crippen LogP contribution in [0.2, 0.25) is 0 Å². The lowest BCUT2D eigenvalue weighted by Gasteiger charge is -2.21. The average molecular weight is 385 g/mol. The lowest BCUT2D eigenvalue weighted by Crippen LogP contribution is -2.33. The second kappa shape index (κ2) is 10.3. The van der Waals surface area contributed by atoms with Crippen molar-refractivity contribution in [2.75, 3.05) is 32.6 Å². The average Bonchev–Trinajstić information content (AvgIpc) is 2.73. The second-order valence-electron chi connectivity index (χ2n) is 6.22. The fraction of sp³-hybridized carbons (Fsp3) is 0.381. The summed E-state index contributed by atoms with van der Waals surface area (Å²) in [5.41, 5.74) is 0.915. The highest BCUT2D eigenvalue weighted by molar-refractivity contribution is 6.04. The monoisotopic (exact) mass is 385 g/mol. The van der Waals surface area contributed by atoms with Gasteiger partial charge in [0, 0.05) is 19.2 Å². The maximum Gasteiger partial charge on any atom is 0.274 e. The number of benzene rings is 1.